The Kier molecular flexibility index (Phi) is 6.86. The third-order valence-corrected chi connectivity index (χ3v) is 5.88. The first-order valence-electron chi connectivity index (χ1n) is 10.6. The molecule has 2 aliphatic rings. The van der Waals surface area contributed by atoms with Gasteiger partial charge in [-0.05, 0) is 56.7 Å². The third kappa shape index (κ3) is 5.08. The molecule has 5 nitrogen and oxygen atoms in total. The lowest BCUT2D eigenvalue weighted by Crippen LogP contribution is -2.42. The van der Waals surface area contributed by atoms with Gasteiger partial charge >= 0.3 is 0 Å². The van der Waals surface area contributed by atoms with E-state index in [9.17, 15) is 9.59 Å². The molecule has 0 aromatic carbocycles. The Morgan fingerprint density at radius 1 is 1.11 bits per heavy atom. The molecule has 0 radical (unpaired) electrons. The zero-order chi connectivity index (χ0) is 19.2. The van der Waals surface area contributed by atoms with Crippen LogP contribution in [0.3, 0.4) is 0 Å². The number of carbonyl (C=O) groups is 2. The number of rotatable bonds is 4. The highest BCUT2D eigenvalue weighted by atomic mass is 16.2. The summed E-state index contributed by atoms with van der Waals surface area (Å²) in [6, 6.07) is 4.36. The third-order valence-electron chi connectivity index (χ3n) is 5.88. The van der Waals surface area contributed by atoms with Crippen molar-refractivity contribution in [1.29, 1.82) is 0 Å². The number of hydrogen-bond acceptors (Lipinski definition) is 3. The molecule has 0 bridgehead atoms. The number of piperidine rings is 1. The van der Waals surface area contributed by atoms with E-state index in [0.29, 0.717) is 25.6 Å². The maximum atomic E-state index is 13.2. The number of carbonyl (C=O) groups excluding carboxylic acids is 2. The van der Waals surface area contributed by atoms with Crippen LogP contribution in [-0.2, 0) is 4.79 Å². The van der Waals surface area contributed by atoms with Gasteiger partial charge in [-0.15, -0.1) is 0 Å². The molecule has 1 amide bonds. The molecule has 5 heteroatoms. The van der Waals surface area contributed by atoms with Crippen molar-refractivity contribution in [3.63, 3.8) is 0 Å². The van der Waals surface area contributed by atoms with Crippen LogP contribution < -0.4 is 5.49 Å². The molecular weight excluding hydrogens is 338 g/mol. The van der Waals surface area contributed by atoms with Crippen molar-refractivity contribution in [1.82, 2.24) is 9.47 Å². The van der Waals surface area contributed by atoms with E-state index in [1.807, 2.05) is 37.1 Å². The Labute approximate surface area is 162 Å². The van der Waals surface area contributed by atoms with Gasteiger partial charge in [0.2, 0.25) is 11.8 Å². The summed E-state index contributed by atoms with van der Waals surface area (Å²) >= 11 is 0. The van der Waals surface area contributed by atoms with Crippen LogP contribution in [0.5, 0.6) is 0 Å². The summed E-state index contributed by atoms with van der Waals surface area (Å²) < 4.78 is 1.76. The first-order valence-corrected chi connectivity index (χ1v) is 10.6. The van der Waals surface area contributed by atoms with Crippen LogP contribution in [-0.4, -0.2) is 40.4 Å². The van der Waals surface area contributed by atoms with E-state index in [0.717, 1.165) is 43.2 Å². The predicted molar refractivity (Wildman–Crippen MR) is 106 cm³/mol. The van der Waals surface area contributed by atoms with Gasteiger partial charge < -0.3 is 4.90 Å². The Hall–Kier alpha value is -1.91. The van der Waals surface area contributed by atoms with Crippen molar-refractivity contribution in [3.8, 4) is 0 Å². The first-order chi connectivity index (χ1) is 13.1. The van der Waals surface area contributed by atoms with Gasteiger partial charge in [-0.1, -0.05) is 26.2 Å². The van der Waals surface area contributed by atoms with Crippen molar-refractivity contribution in [2.24, 2.45) is 10.9 Å². The molecule has 27 heavy (non-hydrogen) atoms. The fourth-order valence-corrected chi connectivity index (χ4v) is 4.22. The Morgan fingerprint density at radius 3 is 2.48 bits per heavy atom. The predicted octanol–water partition coefficient (Wildman–Crippen LogP) is 3.71. The van der Waals surface area contributed by atoms with Crippen LogP contribution in [0.4, 0.5) is 0 Å². The number of likely N-dealkylation sites (tertiary alicyclic amines) is 1. The lowest BCUT2D eigenvalue weighted by Gasteiger charge is -2.31. The van der Waals surface area contributed by atoms with E-state index in [1.54, 1.807) is 4.57 Å². The highest BCUT2D eigenvalue weighted by Gasteiger charge is 2.28. The largest absolute Gasteiger partial charge is 0.343 e. The molecule has 0 spiro atoms. The Balaban J connectivity index is 1.73. The van der Waals surface area contributed by atoms with Crippen LogP contribution in [0.15, 0.2) is 23.3 Å². The summed E-state index contributed by atoms with van der Waals surface area (Å²) in [6.07, 6.45) is 10.9. The molecule has 1 aliphatic carbocycles. The molecule has 3 rings (SSSR count). The maximum absolute atomic E-state index is 13.2. The van der Waals surface area contributed by atoms with E-state index in [1.165, 1.54) is 19.3 Å². The van der Waals surface area contributed by atoms with Crippen molar-refractivity contribution in [2.75, 3.05) is 13.1 Å². The van der Waals surface area contributed by atoms with Gasteiger partial charge in [-0.3, -0.25) is 19.1 Å². The Morgan fingerprint density at radius 2 is 1.81 bits per heavy atom. The lowest BCUT2D eigenvalue weighted by molar-refractivity contribution is -0.132. The number of amides is 1. The smallest absolute Gasteiger partial charge is 0.235 e. The van der Waals surface area contributed by atoms with E-state index in [4.69, 9.17) is 4.99 Å². The average molecular weight is 372 g/mol. The number of nitrogens with zero attached hydrogens (tertiary/aromatic N) is 3. The summed E-state index contributed by atoms with van der Waals surface area (Å²) in [5.74, 6) is 0.329. The van der Waals surface area contributed by atoms with Crippen molar-refractivity contribution >= 4 is 11.8 Å². The van der Waals surface area contributed by atoms with E-state index < -0.39 is 0 Å². The summed E-state index contributed by atoms with van der Waals surface area (Å²) in [5.41, 5.74) is 1.94. The van der Waals surface area contributed by atoms with Gasteiger partial charge in [0.1, 0.15) is 5.49 Å². The van der Waals surface area contributed by atoms with Crippen LogP contribution in [0, 0.1) is 12.8 Å². The van der Waals surface area contributed by atoms with Crippen molar-refractivity contribution in [2.45, 2.75) is 77.7 Å². The van der Waals surface area contributed by atoms with Crippen LogP contribution in [0.2, 0.25) is 0 Å². The molecule has 2 heterocycles. The van der Waals surface area contributed by atoms with Crippen LogP contribution in [0.1, 0.15) is 75.1 Å². The lowest BCUT2D eigenvalue weighted by atomic mass is 9.95. The number of pyridine rings is 1. The maximum Gasteiger partial charge on any atom is 0.235 e. The van der Waals surface area contributed by atoms with E-state index >= 15 is 0 Å². The number of hydrogen-bond donors (Lipinski definition) is 0. The first kappa shape index (κ1) is 19.8. The number of aromatic nitrogens is 1. The zero-order valence-corrected chi connectivity index (χ0v) is 16.8. The minimum absolute atomic E-state index is 0.0244. The molecule has 1 saturated carbocycles. The van der Waals surface area contributed by atoms with Gasteiger partial charge in [-0.25, -0.2) is 0 Å². The topological polar surface area (TPSA) is 54.7 Å². The molecule has 0 N–H and O–H groups in total. The minimum Gasteiger partial charge on any atom is -0.343 e. The number of aryl methyl sites for hydroxylation is 1. The minimum atomic E-state index is -0.0244. The average Bonchev–Trinajstić information content (AvgIpc) is 2.69. The second-order valence-corrected chi connectivity index (χ2v) is 8.10. The molecule has 0 unspecified atom stereocenters. The fourth-order valence-electron chi connectivity index (χ4n) is 4.22. The van der Waals surface area contributed by atoms with Crippen LogP contribution >= 0.6 is 0 Å². The molecule has 1 aromatic heterocycles. The normalized spacial score (nSPS) is 20.1. The van der Waals surface area contributed by atoms with Gasteiger partial charge in [0.15, 0.2) is 0 Å². The van der Waals surface area contributed by atoms with Gasteiger partial charge in [-0.2, -0.15) is 0 Å². The molecular formula is C22H33N3O2. The summed E-state index contributed by atoms with van der Waals surface area (Å²) in [5, 5.41) is 0. The standard InChI is InChI=1S/C22H33N3O2/c1-3-7-21(26)24-13-11-18(12-14-24)22(27)25-15-10-17(2)16-20(25)23-19-8-5-4-6-9-19/h10,15-16,18-19H,3-9,11-14H2,1-2H3. The second kappa shape index (κ2) is 9.34. The molecule has 148 valence electrons. The van der Waals surface area contributed by atoms with Crippen molar-refractivity contribution < 1.29 is 9.59 Å². The molecule has 1 aliphatic heterocycles. The second-order valence-electron chi connectivity index (χ2n) is 8.10. The van der Waals surface area contributed by atoms with Gasteiger partial charge in [0, 0.05) is 31.6 Å². The Bertz CT molecular complexity index is 723. The quantitative estimate of drug-likeness (QED) is 0.810. The summed E-state index contributed by atoms with van der Waals surface area (Å²) in [7, 11) is 0. The van der Waals surface area contributed by atoms with E-state index in [2.05, 4.69) is 0 Å². The zero-order valence-electron chi connectivity index (χ0n) is 16.8. The molecule has 1 saturated heterocycles. The highest BCUT2D eigenvalue weighted by Crippen LogP contribution is 2.21. The molecule has 1 aromatic rings. The SMILES string of the molecule is CCCC(=O)N1CCC(C(=O)n2ccc(C)cc2=NC2CCCCC2)CC1. The van der Waals surface area contributed by atoms with Gasteiger partial charge in [0.25, 0.3) is 0 Å². The summed E-state index contributed by atoms with van der Waals surface area (Å²) in [6.45, 7) is 5.46. The van der Waals surface area contributed by atoms with Crippen LogP contribution in [0.25, 0.3) is 0 Å². The highest BCUT2D eigenvalue weighted by molar-refractivity contribution is 5.82. The molecule has 0 atom stereocenters. The monoisotopic (exact) mass is 371 g/mol. The molecule has 2 fully saturated rings. The van der Waals surface area contributed by atoms with Crippen molar-refractivity contribution in [3.05, 3.63) is 29.4 Å². The van der Waals surface area contributed by atoms with Gasteiger partial charge in [0.05, 0.1) is 6.04 Å². The summed E-state index contributed by atoms with van der Waals surface area (Å²) in [4.78, 5) is 32.1. The van der Waals surface area contributed by atoms with E-state index in [-0.39, 0.29) is 17.7 Å². The fraction of sp³-hybridized carbons (Fsp3) is 0.682.